The molecule has 6 heteroatoms. The van der Waals surface area contributed by atoms with Crippen LogP contribution < -0.4 is 10.4 Å². The minimum absolute atomic E-state index is 0.0618. The number of piperidine rings is 1. The number of nitrogens with zero attached hydrogens (tertiary/aromatic N) is 1. The molecule has 2 heterocycles. The monoisotopic (exact) mass is 399 g/mol. The van der Waals surface area contributed by atoms with Gasteiger partial charge in [0.05, 0.1) is 11.5 Å². The molecule has 1 aromatic heterocycles. The van der Waals surface area contributed by atoms with Crippen molar-refractivity contribution < 1.29 is 19.1 Å². The minimum atomic E-state index is -0.379. The van der Waals surface area contributed by atoms with Gasteiger partial charge < -0.3 is 19.2 Å². The maximum absolute atomic E-state index is 12.9. The number of rotatable bonds is 4. The summed E-state index contributed by atoms with van der Waals surface area (Å²) in [5.41, 5.74) is 1.73. The van der Waals surface area contributed by atoms with Crippen LogP contribution >= 0.6 is 0 Å². The lowest BCUT2D eigenvalue weighted by atomic mass is 9.76. The highest BCUT2D eigenvalue weighted by Gasteiger charge is 2.45. The number of amides is 1. The first kappa shape index (κ1) is 20.0. The summed E-state index contributed by atoms with van der Waals surface area (Å²) in [6.45, 7) is 5.14. The first-order valence-electron chi connectivity index (χ1n) is 10.6. The van der Waals surface area contributed by atoms with Gasteiger partial charge in [0.25, 0.3) is 5.91 Å². The molecule has 2 aromatic rings. The van der Waals surface area contributed by atoms with Crippen LogP contribution in [0.5, 0.6) is 5.75 Å². The second-order valence-corrected chi connectivity index (χ2v) is 8.56. The summed E-state index contributed by atoms with van der Waals surface area (Å²) in [5, 5.41) is 11.2. The molecule has 2 aliphatic rings. The number of fused-ring (bicyclic) bond motifs is 1. The lowest BCUT2D eigenvalue weighted by molar-refractivity contribution is -0.138. The van der Waals surface area contributed by atoms with Gasteiger partial charge in [-0.15, -0.1) is 0 Å². The molecule has 1 spiro atoms. The quantitative estimate of drug-likeness (QED) is 0.799. The number of carbonyl (C=O) groups is 1. The molecule has 1 aliphatic carbocycles. The summed E-state index contributed by atoms with van der Waals surface area (Å²) in [6.07, 6.45) is 5.11. The van der Waals surface area contributed by atoms with Crippen molar-refractivity contribution in [2.75, 3.05) is 19.7 Å². The summed E-state index contributed by atoms with van der Waals surface area (Å²) in [5.74, 6) is 0.509. The van der Waals surface area contributed by atoms with Gasteiger partial charge in [-0.2, -0.15) is 0 Å². The molecule has 2 atom stereocenters. The van der Waals surface area contributed by atoms with E-state index in [-0.39, 0.29) is 29.7 Å². The first-order chi connectivity index (χ1) is 13.9. The highest BCUT2D eigenvalue weighted by molar-refractivity contribution is 5.88. The standard InChI is InChI=1S/C23H29NO5/c1-3-16-12-21(27)29-18-11-15(2)10-17(22(16)18)28-13-20(26)24-9-5-8-23(14-24)7-4-6-19(23)25/h10-12,19,25H,3-9,13-14H2,1-2H3/t19-,23+/m1/s1. The van der Waals surface area contributed by atoms with Gasteiger partial charge in [-0.25, -0.2) is 4.79 Å². The molecule has 6 nitrogen and oxygen atoms in total. The molecule has 0 radical (unpaired) electrons. The number of carbonyl (C=O) groups excluding carboxylic acids is 1. The Kier molecular flexibility index (Phi) is 5.38. The Labute approximate surface area is 170 Å². The molecule has 0 bridgehead atoms. The number of aliphatic hydroxyl groups is 1. The molecular formula is C23H29NO5. The highest BCUT2D eigenvalue weighted by Crippen LogP contribution is 2.45. The van der Waals surface area contributed by atoms with Crippen LogP contribution in [0.25, 0.3) is 11.0 Å². The number of ether oxygens (including phenoxy) is 1. The van der Waals surface area contributed by atoms with E-state index in [1.165, 1.54) is 6.07 Å². The topological polar surface area (TPSA) is 80.0 Å². The maximum Gasteiger partial charge on any atom is 0.336 e. The molecule has 4 rings (SSSR count). The van der Waals surface area contributed by atoms with Gasteiger partial charge in [0.2, 0.25) is 0 Å². The number of aryl methyl sites for hydroxylation is 2. The number of likely N-dealkylation sites (tertiary alicyclic amines) is 1. The van der Waals surface area contributed by atoms with Gasteiger partial charge in [-0.05, 0) is 62.3 Å². The fourth-order valence-corrected chi connectivity index (χ4v) is 5.06. The van der Waals surface area contributed by atoms with Crippen molar-refractivity contribution in [3.63, 3.8) is 0 Å². The average molecular weight is 399 g/mol. The Morgan fingerprint density at radius 3 is 2.83 bits per heavy atom. The van der Waals surface area contributed by atoms with E-state index in [2.05, 4.69) is 0 Å². The van der Waals surface area contributed by atoms with Crippen LogP contribution in [0.3, 0.4) is 0 Å². The van der Waals surface area contributed by atoms with Crippen LogP contribution in [0.15, 0.2) is 27.4 Å². The van der Waals surface area contributed by atoms with E-state index in [9.17, 15) is 14.7 Å². The third kappa shape index (κ3) is 3.78. The van der Waals surface area contributed by atoms with Crippen molar-refractivity contribution in [2.24, 2.45) is 5.41 Å². The number of hydrogen-bond acceptors (Lipinski definition) is 5. The molecule has 29 heavy (non-hydrogen) atoms. The van der Waals surface area contributed by atoms with E-state index in [1.807, 2.05) is 30.9 Å². The Hall–Kier alpha value is -2.34. The van der Waals surface area contributed by atoms with Gasteiger partial charge in [-0.3, -0.25) is 4.79 Å². The molecule has 1 aromatic carbocycles. The molecule has 0 unspecified atom stereocenters. The number of aliphatic hydroxyl groups excluding tert-OH is 1. The van der Waals surface area contributed by atoms with Crippen molar-refractivity contribution in [3.05, 3.63) is 39.7 Å². The molecule has 1 aliphatic heterocycles. The van der Waals surface area contributed by atoms with E-state index in [0.717, 1.165) is 48.6 Å². The Balaban J connectivity index is 1.54. The average Bonchev–Trinajstić information content (AvgIpc) is 3.04. The summed E-state index contributed by atoms with van der Waals surface area (Å²) in [6, 6.07) is 5.19. The summed E-state index contributed by atoms with van der Waals surface area (Å²) >= 11 is 0. The van der Waals surface area contributed by atoms with Gasteiger partial charge in [0.1, 0.15) is 11.3 Å². The van der Waals surface area contributed by atoms with Gasteiger partial charge in [-0.1, -0.05) is 13.3 Å². The molecule has 2 fully saturated rings. The Bertz CT molecular complexity index is 981. The van der Waals surface area contributed by atoms with Crippen molar-refractivity contribution in [3.8, 4) is 5.75 Å². The van der Waals surface area contributed by atoms with Crippen LogP contribution in [0.4, 0.5) is 0 Å². The van der Waals surface area contributed by atoms with Gasteiger partial charge >= 0.3 is 5.63 Å². The fraction of sp³-hybridized carbons (Fsp3) is 0.565. The lowest BCUT2D eigenvalue weighted by Gasteiger charge is -2.42. The largest absolute Gasteiger partial charge is 0.483 e. The Morgan fingerprint density at radius 2 is 2.10 bits per heavy atom. The molecule has 1 saturated heterocycles. The first-order valence-corrected chi connectivity index (χ1v) is 10.6. The van der Waals surface area contributed by atoms with Crippen molar-refractivity contribution in [1.82, 2.24) is 4.90 Å². The van der Waals surface area contributed by atoms with E-state index >= 15 is 0 Å². The SMILES string of the molecule is CCc1cc(=O)oc2cc(C)cc(OCC(=O)N3CCC[C@@]4(CCC[C@H]4O)C3)c12. The molecule has 1 amide bonds. The van der Waals surface area contributed by atoms with Crippen molar-refractivity contribution in [1.29, 1.82) is 0 Å². The second kappa shape index (κ2) is 7.82. The summed E-state index contributed by atoms with van der Waals surface area (Å²) < 4.78 is 11.3. The zero-order valence-corrected chi connectivity index (χ0v) is 17.2. The van der Waals surface area contributed by atoms with Crippen LogP contribution in [-0.2, 0) is 11.2 Å². The Morgan fingerprint density at radius 1 is 1.31 bits per heavy atom. The normalized spacial score (nSPS) is 24.4. The van der Waals surface area contributed by atoms with Crippen LogP contribution in [0, 0.1) is 12.3 Å². The van der Waals surface area contributed by atoms with Gasteiger partial charge in [0.15, 0.2) is 6.61 Å². The fourth-order valence-electron chi connectivity index (χ4n) is 5.06. The predicted molar refractivity (Wildman–Crippen MR) is 110 cm³/mol. The lowest BCUT2D eigenvalue weighted by Crippen LogP contribution is -2.50. The zero-order chi connectivity index (χ0) is 20.6. The highest BCUT2D eigenvalue weighted by atomic mass is 16.5. The summed E-state index contributed by atoms with van der Waals surface area (Å²) in [4.78, 5) is 26.6. The third-order valence-corrected chi connectivity index (χ3v) is 6.59. The molecular weight excluding hydrogens is 370 g/mol. The van der Waals surface area contributed by atoms with Crippen LogP contribution in [0.2, 0.25) is 0 Å². The third-order valence-electron chi connectivity index (χ3n) is 6.59. The van der Waals surface area contributed by atoms with E-state index in [1.54, 1.807) is 0 Å². The minimum Gasteiger partial charge on any atom is -0.483 e. The van der Waals surface area contributed by atoms with Crippen LogP contribution in [0.1, 0.15) is 50.2 Å². The second-order valence-electron chi connectivity index (χ2n) is 8.56. The number of hydrogen-bond donors (Lipinski definition) is 1. The molecule has 1 N–H and O–H groups in total. The van der Waals surface area contributed by atoms with Crippen molar-refractivity contribution >= 4 is 16.9 Å². The van der Waals surface area contributed by atoms with E-state index in [0.29, 0.717) is 30.8 Å². The molecule has 1 saturated carbocycles. The van der Waals surface area contributed by atoms with E-state index in [4.69, 9.17) is 9.15 Å². The predicted octanol–water partition coefficient (Wildman–Crippen LogP) is 3.20. The van der Waals surface area contributed by atoms with Crippen molar-refractivity contribution in [2.45, 2.75) is 58.5 Å². The summed E-state index contributed by atoms with van der Waals surface area (Å²) in [7, 11) is 0. The number of benzene rings is 1. The van der Waals surface area contributed by atoms with E-state index < -0.39 is 0 Å². The maximum atomic E-state index is 12.9. The zero-order valence-electron chi connectivity index (χ0n) is 17.2. The van der Waals surface area contributed by atoms with Crippen LogP contribution in [-0.4, -0.2) is 41.7 Å². The molecule has 156 valence electrons. The smallest absolute Gasteiger partial charge is 0.336 e. The van der Waals surface area contributed by atoms with Gasteiger partial charge in [0, 0.05) is 24.6 Å².